The maximum absolute atomic E-state index is 11.1. The number of nitrogens with zero attached hydrogens (tertiary/aromatic N) is 3. The molecule has 0 spiro atoms. The van der Waals surface area contributed by atoms with Crippen LogP contribution in [0.25, 0.3) is 0 Å². The number of methoxy groups -OCH3 is 1. The molecule has 1 aromatic carbocycles. The molecule has 0 bridgehead atoms. The Kier molecular flexibility index (Phi) is 6.29. The number of ether oxygens (including phenoxy) is 1. The van der Waals surface area contributed by atoms with Crippen molar-refractivity contribution >= 4 is 40.1 Å². The lowest BCUT2D eigenvalue weighted by Crippen LogP contribution is -2.50. The van der Waals surface area contributed by atoms with Gasteiger partial charge in [-0.2, -0.15) is 0 Å². The first-order chi connectivity index (χ1) is 12.9. The van der Waals surface area contributed by atoms with Gasteiger partial charge in [0, 0.05) is 18.1 Å². The minimum atomic E-state index is -1.21. The average Bonchev–Trinajstić information content (AvgIpc) is 3.13. The van der Waals surface area contributed by atoms with E-state index in [0.717, 1.165) is 4.90 Å². The molecule has 27 heavy (non-hydrogen) atoms. The largest absolute Gasteiger partial charge is 0.476 e. The number of thiol groups is 1. The summed E-state index contributed by atoms with van der Waals surface area (Å²) in [4.78, 5) is 12.0. The summed E-state index contributed by atoms with van der Waals surface area (Å²) in [6.45, 7) is -0.249. The van der Waals surface area contributed by atoms with Crippen LogP contribution < -0.4 is 0 Å². The lowest BCUT2D eigenvalue weighted by Gasteiger charge is -2.46. The van der Waals surface area contributed by atoms with Crippen LogP contribution in [0.3, 0.4) is 0 Å². The van der Waals surface area contributed by atoms with Crippen LogP contribution in [0.2, 0.25) is 10.0 Å². The molecule has 3 rings (SSSR count). The highest BCUT2D eigenvalue weighted by atomic mass is 35.5. The topological polar surface area (TPSA) is 118 Å². The number of hydrogen-bond acceptors (Lipinski definition) is 6. The number of rotatable bonds is 5. The van der Waals surface area contributed by atoms with E-state index in [-0.39, 0.29) is 12.3 Å². The number of aromatic carboxylic acids is 1. The van der Waals surface area contributed by atoms with E-state index >= 15 is 0 Å². The maximum Gasteiger partial charge on any atom is 0.358 e. The minimum Gasteiger partial charge on any atom is -0.476 e. The van der Waals surface area contributed by atoms with Crippen LogP contribution in [-0.4, -0.2) is 73.2 Å². The number of aliphatic hydroxyl groups is 2. The molecule has 1 fully saturated rings. The minimum absolute atomic E-state index is 0.227. The van der Waals surface area contributed by atoms with Crippen LogP contribution in [0, 0.1) is 0 Å². The van der Waals surface area contributed by atoms with Gasteiger partial charge in [0.05, 0.1) is 35.1 Å². The van der Waals surface area contributed by atoms with Crippen molar-refractivity contribution in [1.82, 2.24) is 15.0 Å². The first kappa shape index (κ1) is 20.4. The monoisotopic (exact) mass is 435 g/mol. The van der Waals surface area contributed by atoms with E-state index in [9.17, 15) is 15.0 Å². The van der Waals surface area contributed by atoms with Crippen LogP contribution in [-0.2, 0) is 4.74 Å². The third-order valence-electron chi connectivity index (χ3n) is 4.66. The Morgan fingerprint density at radius 1 is 1.41 bits per heavy atom. The van der Waals surface area contributed by atoms with E-state index in [1.54, 1.807) is 12.1 Å². The van der Waals surface area contributed by atoms with Gasteiger partial charge in [-0.05, 0) is 23.1 Å². The summed E-state index contributed by atoms with van der Waals surface area (Å²) in [5.74, 6) is -0.684. The molecule has 0 amide bonds. The van der Waals surface area contributed by atoms with E-state index in [0.29, 0.717) is 15.8 Å². The van der Waals surface area contributed by atoms with Gasteiger partial charge in [0.15, 0.2) is 5.69 Å². The number of aliphatic hydroxyl groups excluding tert-OH is 2. The van der Waals surface area contributed by atoms with Crippen molar-refractivity contribution in [3.63, 3.8) is 0 Å². The van der Waals surface area contributed by atoms with Gasteiger partial charge >= 0.3 is 5.97 Å². The number of hydrogen-bond donors (Lipinski definition) is 4. The summed E-state index contributed by atoms with van der Waals surface area (Å²) < 4.78 is 6.87. The van der Waals surface area contributed by atoms with Gasteiger partial charge in [0.25, 0.3) is 0 Å². The molecule has 0 radical (unpaired) electrons. The van der Waals surface area contributed by atoms with Crippen molar-refractivity contribution in [3.8, 4) is 0 Å². The van der Waals surface area contributed by atoms with Gasteiger partial charge in [-0.3, -0.25) is 0 Å². The normalized spacial score (nSPS) is 29.6. The SMILES string of the molecule is CO[C@H]1C[SH](c2ccc(Cl)c(Cl)c2)[C@H](CO)[C@H](O)[C@@H]1n1cc(C(=O)O)nn1. The first-order valence-electron chi connectivity index (χ1n) is 8.06. The fourth-order valence-electron chi connectivity index (χ4n) is 3.30. The predicted molar refractivity (Wildman–Crippen MR) is 102 cm³/mol. The lowest BCUT2D eigenvalue weighted by atomic mass is 10.0. The summed E-state index contributed by atoms with van der Waals surface area (Å²) in [7, 11) is 0.503. The third-order valence-corrected chi connectivity index (χ3v) is 8.36. The molecule has 1 aliphatic rings. The molecule has 1 unspecified atom stereocenters. The highest BCUT2D eigenvalue weighted by Crippen LogP contribution is 2.51. The Hall–Kier alpha value is -1.36. The fraction of sp³-hybridized carbons (Fsp3) is 0.438. The number of carbonyl (C=O) groups is 1. The Morgan fingerprint density at radius 3 is 2.70 bits per heavy atom. The number of aromatic nitrogens is 3. The molecule has 1 aromatic heterocycles. The Morgan fingerprint density at radius 2 is 2.15 bits per heavy atom. The van der Waals surface area contributed by atoms with Gasteiger partial charge < -0.3 is 20.1 Å². The van der Waals surface area contributed by atoms with E-state index in [1.807, 2.05) is 6.07 Å². The van der Waals surface area contributed by atoms with E-state index in [2.05, 4.69) is 10.3 Å². The molecule has 5 atom stereocenters. The highest BCUT2D eigenvalue weighted by Gasteiger charge is 2.45. The first-order valence-corrected chi connectivity index (χ1v) is 10.4. The van der Waals surface area contributed by atoms with Crippen molar-refractivity contribution in [2.45, 2.75) is 28.4 Å². The van der Waals surface area contributed by atoms with Crippen LogP contribution in [0.1, 0.15) is 16.5 Å². The Bertz CT molecular complexity index is 836. The van der Waals surface area contributed by atoms with E-state index < -0.39 is 40.4 Å². The maximum atomic E-state index is 11.1. The molecule has 2 heterocycles. The molecule has 1 saturated heterocycles. The van der Waals surface area contributed by atoms with Gasteiger partial charge in [-0.25, -0.2) is 20.4 Å². The van der Waals surface area contributed by atoms with Crippen molar-refractivity contribution in [3.05, 3.63) is 40.1 Å². The molecule has 0 aliphatic carbocycles. The van der Waals surface area contributed by atoms with Crippen molar-refractivity contribution in [2.24, 2.45) is 0 Å². The van der Waals surface area contributed by atoms with Crippen LogP contribution in [0.5, 0.6) is 0 Å². The number of benzene rings is 1. The van der Waals surface area contributed by atoms with Gasteiger partial charge in [0.1, 0.15) is 6.04 Å². The summed E-state index contributed by atoms with van der Waals surface area (Å²) in [6.07, 6.45) is -0.215. The molecular weight excluding hydrogens is 417 g/mol. The number of carboxylic acid groups (broad SMARTS) is 1. The average molecular weight is 436 g/mol. The van der Waals surface area contributed by atoms with E-state index in [4.69, 9.17) is 33.0 Å². The second kappa shape index (κ2) is 8.34. The second-order valence-corrected chi connectivity index (χ2v) is 9.44. The predicted octanol–water partition coefficient (Wildman–Crippen LogP) is 1.63. The number of halogens is 2. The molecule has 148 valence electrons. The molecule has 1 aliphatic heterocycles. The van der Waals surface area contributed by atoms with Gasteiger partial charge in [-0.15, -0.1) is 5.10 Å². The quantitative estimate of drug-likeness (QED) is 0.527. The second-order valence-electron chi connectivity index (χ2n) is 6.14. The van der Waals surface area contributed by atoms with Crippen LogP contribution in [0.4, 0.5) is 0 Å². The molecule has 11 heteroatoms. The van der Waals surface area contributed by atoms with Crippen molar-refractivity contribution in [1.29, 1.82) is 0 Å². The zero-order valence-corrected chi connectivity index (χ0v) is 16.6. The van der Waals surface area contributed by atoms with Crippen LogP contribution >= 0.6 is 34.1 Å². The van der Waals surface area contributed by atoms with Gasteiger partial charge in [-0.1, -0.05) is 28.4 Å². The van der Waals surface area contributed by atoms with Crippen LogP contribution in [0.15, 0.2) is 29.3 Å². The zero-order chi connectivity index (χ0) is 19.7. The standard InChI is InChI=1S/C16H19Cl2N3O5S/c1-26-12-7-27(8-2-3-9(17)10(18)4-8)13(6-22)15(23)14(12)21-5-11(16(24)25)19-20-21/h2-5,12-15,22-23,27H,6-7H2,1H3,(H,24,25)/t12-,13+,14+,15-/m0/s1. The highest BCUT2D eigenvalue weighted by molar-refractivity contribution is 8.17. The summed E-state index contributed by atoms with van der Waals surface area (Å²) in [6, 6.07) is 4.60. The van der Waals surface area contributed by atoms with E-state index in [1.165, 1.54) is 18.0 Å². The smallest absolute Gasteiger partial charge is 0.358 e. The Labute approximate surface area is 168 Å². The molecule has 0 saturated carbocycles. The summed E-state index contributed by atoms with van der Waals surface area (Å²) in [5.41, 5.74) is -0.227. The fourth-order valence-corrected chi connectivity index (χ4v) is 6.59. The summed E-state index contributed by atoms with van der Waals surface area (Å²) >= 11 is 12.1. The lowest BCUT2D eigenvalue weighted by molar-refractivity contribution is -0.0139. The zero-order valence-electron chi connectivity index (χ0n) is 14.2. The van der Waals surface area contributed by atoms with Crippen molar-refractivity contribution < 1.29 is 24.9 Å². The number of carboxylic acids is 1. The third kappa shape index (κ3) is 3.94. The molecule has 2 aromatic rings. The molecular formula is C16H19Cl2N3O5S. The Balaban J connectivity index is 1.96. The molecule has 3 N–H and O–H groups in total. The summed E-state index contributed by atoms with van der Waals surface area (Å²) in [5, 5.41) is 37.8. The van der Waals surface area contributed by atoms with Crippen molar-refractivity contribution in [2.75, 3.05) is 19.5 Å². The van der Waals surface area contributed by atoms with Gasteiger partial charge in [0.2, 0.25) is 0 Å². The molecule has 8 nitrogen and oxygen atoms in total.